The minimum atomic E-state index is 0.328. The first-order valence-electron chi connectivity index (χ1n) is 6.71. The van der Waals surface area contributed by atoms with Crippen LogP contribution in [-0.2, 0) is 11.3 Å². The molecule has 1 fully saturated rings. The summed E-state index contributed by atoms with van der Waals surface area (Å²) in [6.45, 7) is 9.08. The van der Waals surface area contributed by atoms with Gasteiger partial charge in [0.2, 0.25) is 0 Å². The van der Waals surface area contributed by atoms with Crippen molar-refractivity contribution in [3.05, 3.63) is 34.9 Å². The first-order valence-corrected chi connectivity index (χ1v) is 6.71. The molecule has 0 amide bonds. The molecule has 1 aliphatic heterocycles. The summed E-state index contributed by atoms with van der Waals surface area (Å²) < 4.78 is 5.73. The van der Waals surface area contributed by atoms with E-state index >= 15 is 0 Å². The fourth-order valence-corrected chi connectivity index (χ4v) is 2.54. The first-order chi connectivity index (χ1) is 8.63. The van der Waals surface area contributed by atoms with E-state index in [9.17, 15) is 0 Å². The molecule has 2 rings (SSSR count). The van der Waals surface area contributed by atoms with E-state index in [4.69, 9.17) is 4.74 Å². The molecule has 1 N–H and O–H groups in total. The van der Waals surface area contributed by atoms with Crippen LogP contribution >= 0.6 is 0 Å². The lowest BCUT2D eigenvalue weighted by Crippen LogP contribution is -2.44. The highest BCUT2D eigenvalue weighted by atomic mass is 16.5. The second kappa shape index (κ2) is 6.32. The number of nitrogens with zero attached hydrogens (tertiary/aromatic N) is 1. The lowest BCUT2D eigenvalue weighted by molar-refractivity contribution is -0.0182. The second-order valence-corrected chi connectivity index (χ2v) is 5.38. The topological polar surface area (TPSA) is 24.5 Å². The second-order valence-electron chi connectivity index (χ2n) is 5.38. The van der Waals surface area contributed by atoms with Crippen LogP contribution in [0, 0.1) is 13.8 Å². The van der Waals surface area contributed by atoms with Crippen LogP contribution in [0.5, 0.6) is 0 Å². The lowest BCUT2D eigenvalue weighted by Gasteiger charge is -2.30. The van der Waals surface area contributed by atoms with Gasteiger partial charge < -0.3 is 15.0 Å². The Kier molecular flexibility index (Phi) is 4.75. The fourth-order valence-electron chi connectivity index (χ4n) is 2.54. The standard InChI is InChI=1S/C15H24N2O/c1-12-6-13(2)8-14(7-12)9-16-10-15-11-17(3)4-5-18-15/h6-8,15-16H,4-5,9-11H2,1-3H3/t15-/m1/s1. The van der Waals surface area contributed by atoms with Crippen molar-refractivity contribution in [2.75, 3.05) is 33.3 Å². The van der Waals surface area contributed by atoms with Gasteiger partial charge in [0.15, 0.2) is 0 Å². The maximum absolute atomic E-state index is 5.73. The molecule has 1 saturated heterocycles. The molecule has 100 valence electrons. The van der Waals surface area contributed by atoms with Gasteiger partial charge in [0.1, 0.15) is 0 Å². The maximum Gasteiger partial charge on any atom is 0.0826 e. The maximum atomic E-state index is 5.73. The Labute approximate surface area is 110 Å². The van der Waals surface area contributed by atoms with Crippen LogP contribution in [-0.4, -0.2) is 44.3 Å². The Hall–Kier alpha value is -0.900. The van der Waals surface area contributed by atoms with Gasteiger partial charge >= 0.3 is 0 Å². The Morgan fingerprint density at radius 2 is 2.00 bits per heavy atom. The number of morpholine rings is 1. The van der Waals surface area contributed by atoms with Crippen LogP contribution in [0.1, 0.15) is 16.7 Å². The molecule has 0 saturated carbocycles. The third-order valence-electron chi connectivity index (χ3n) is 3.32. The number of likely N-dealkylation sites (N-methyl/N-ethyl adjacent to an activating group) is 1. The highest BCUT2D eigenvalue weighted by molar-refractivity contribution is 5.28. The predicted octanol–water partition coefficient (Wildman–Crippen LogP) is 1.72. The highest BCUT2D eigenvalue weighted by Crippen LogP contribution is 2.09. The number of rotatable bonds is 4. The number of ether oxygens (including phenoxy) is 1. The molecule has 1 heterocycles. The highest BCUT2D eigenvalue weighted by Gasteiger charge is 2.16. The van der Waals surface area contributed by atoms with Crippen molar-refractivity contribution in [3.8, 4) is 0 Å². The fraction of sp³-hybridized carbons (Fsp3) is 0.600. The molecule has 3 heteroatoms. The Morgan fingerprint density at radius 1 is 1.28 bits per heavy atom. The molecule has 0 radical (unpaired) electrons. The van der Waals surface area contributed by atoms with E-state index < -0.39 is 0 Å². The van der Waals surface area contributed by atoms with Gasteiger partial charge in [-0.05, 0) is 26.5 Å². The zero-order valence-electron chi connectivity index (χ0n) is 11.7. The van der Waals surface area contributed by atoms with Crippen molar-refractivity contribution in [2.45, 2.75) is 26.5 Å². The van der Waals surface area contributed by atoms with Crippen LogP contribution in [0.4, 0.5) is 0 Å². The summed E-state index contributed by atoms with van der Waals surface area (Å²) in [7, 11) is 2.15. The van der Waals surface area contributed by atoms with Crippen molar-refractivity contribution in [3.63, 3.8) is 0 Å². The first kappa shape index (κ1) is 13.5. The molecular formula is C15H24N2O. The number of hydrogen-bond acceptors (Lipinski definition) is 3. The van der Waals surface area contributed by atoms with Gasteiger partial charge in [-0.2, -0.15) is 0 Å². The van der Waals surface area contributed by atoms with Gasteiger partial charge in [-0.1, -0.05) is 29.3 Å². The minimum Gasteiger partial charge on any atom is -0.374 e. The predicted molar refractivity (Wildman–Crippen MR) is 74.9 cm³/mol. The number of aryl methyl sites for hydroxylation is 2. The average molecular weight is 248 g/mol. The van der Waals surface area contributed by atoms with E-state index in [1.54, 1.807) is 0 Å². The molecule has 0 aromatic heterocycles. The normalized spacial score (nSPS) is 21.2. The van der Waals surface area contributed by atoms with Crippen molar-refractivity contribution in [2.24, 2.45) is 0 Å². The van der Waals surface area contributed by atoms with Crippen molar-refractivity contribution in [1.82, 2.24) is 10.2 Å². The van der Waals surface area contributed by atoms with Crippen molar-refractivity contribution < 1.29 is 4.74 Å². The molecule has 1 aromatic rings. The Morgan fingerprint density at radius 3 is 2.67 bits per heavy atom. The van der Waals surface area contributed by atoms with Gasteiger partial charge in [-0.25, -0.2) is 0 Å². The van der Waals surface area contributed by atoms with Gasteiger partial charge in [-0.15, -0.1) is 0 Å². The molecule has 0 bridgehead atoms. The monoisotopic (exact) mass is 248 g/mol. The summed E-state index contributed by atoms with van der Waals surface area (Å²) in [6, 6.07) is 6.70. The van der Waals surface area contributed by atoms with Gasteiger partial charge in [-0.3, -0.25) is 0 Å². The van der Waals surface area contributed by atoms with E-state index in [1.165, 1.54) is 16.7 Å². The zero-order valence-corrected chi connectivity index (χ0v) is 11.7. The van der Waals surface area contributed by atoms with Crippen LogP contribution in [0.2, 0.25) is 0 Å². The van der Waals surface area contributed by atoms with Crippen LogP contribution < -0.4 is 5.32 Å². The van der Waals surface area contributed by atoms with Gasteiger partial charge in [0, 0.05) is 26.2 Å². The van der Waals surface area contributed by atoms with E-state index in [0.29, 0.717) is 6.10 Å². The minimum absolute atomic E-state index is 0.328. The molecule has 1 aromatic carbocycles. The molecule has 0 aliphatic carbocycles. The Balaban J connectivity index is 1.77. The molecule has 0 unspecified atom stereocenters. The van der Waals surface area contributed by atoms with Crippen molar-refractivity contribution in [1.29, 1.82) is 0 Å². The average Bonchev–Trinajstić information content (AvgIpc) is 2.27. The van der Waals surface area contributed by atoms with Gasteiger partial charge in [0.25, 0.3) is 0 Å². The molecule has 3 nitrogen and oxygen atoms in total. The third-order valence-corrected chi connectivity index (χ3v) is 3.32. The number of nitrogens with one attached hydrogen (secondary N) is 1. The largest absolute Gasteiger partial charge is 0.374 e. The van der Waals surface area contributed by atoms with E-state index in [0.717, 1.165) is 32.8 Å². The number of hydrogen-bond donors (Lipinski definition) is 1. The van der Waals surface area contributed by atoms with Crippen molar-refractivity contribution >= 4 is 0 Å². The Bertz CT molecular complexity index is 372. The summed E-state index contributed by atoms with van der Waals surface area (Å²) in [5.74, 6) is 0. The smallest absolute Gasteiger partial charge is 0.0826 e. The lowest BCUT2D eigenvalue weighted by atomic mass is 10.1. The molecule has 0 spiro atoms. The SMILES string of the molecule is Cc1cc(C)cc(CNC[C@@H]2CN(C)CCO2)c1. The summed E-state index contributed by atoms with van der Waals surface area (Å²) in [5, 5.41) is 3.49. The molecule has 18 heavy (non-hydrogen) atoms. The molecule has 1 atom stereocenters. The summed E-state index contributed by atoms with van der Waals surface area (Å²) in [6.07, 6.45) is 0.328. The van der Waals surface area contributed by atoms with Crippen LogP contribution in [0.3, 0.4) is 0 Å². The van der Waals surface area contributed by atoms with Crippen LogP contribution in [0.25, 0.3) is 0 Å². The third kappa shape index (κ3) is 4.09. The van der Waals surface area contributed by atoms with Crippen LogP contribution in [0.15, 0.2) is 18.2 Å². The van der Waals surface area contributed by atoms with E-state index in [2.05, 4.69) is 49.3 Å². The molecule has 1 aliphatic rings. The summed E-state index contributed by atoms with van der Waals surface area (Å²) in [5.41, 5.74) is 4.03. The van der Waals surface area contributed by atoms with E-state index in [1.807, 2.05) is 0 Å². The number of benzene rings is 1. The zero-order chi connectivity index (χ0) is 13.0. The quantitative estimate of drug-likeness (QED) is 0.878. The van der Waals surface area contributed by atoms with E-state index in [-0.39, 0.29) is 0 Å². The van der Waals surface area contributed by atoms with Gasteiger partial charge in [0.05, 0.1) is 12.7 Å². The molecular weight excluding hydrogens is 224 g/mol. The summed E-state index contributed by atoms with van der Waals surface area (Å²) >= 11 is 0. The summed E-state index contributed by atoms with van der Waals surface area (Å²) in [4.78, 5) is 2.33.